The summed E-state index contributed by atoms with van der Waals surface area (Å²) >= 11 is 0. The Morgan fingerprint density at radius 1 is 0.727 bits per heavy atom. The van der Waals surface area contributed by atoms with Gasteiger partial charge in [-0.2, -0.15) is 0 Å². The predicted molar refractivity (Wildman–Crippen MR) is 95.1 cm³/mol. The lowest BCUT2D eigenvalue weighted by Gasteiger charge is -2.30. The molecule has 1 heteroatoms. The molecule has 3 rings (SSSR count). The highest BCUT2D eigenvalue weighted by atomic mass is 15.2. The Morgan fingerprint density at radius 3 is 1.64 bits per heavy atom. The van der Waals surface area contributed by atoms with E-state index in [1.165, 1.54) is 61.0 Å². The van der Waals surface area contributed by atoms with Crippen LogP contribution in [0, 0.1) is 0 Å². The number of hydrogen-bond acceptors (Lipinski definition) is 1. The molecule has 0 atom stereocenters. The molecule has 1 nitrogen and oxygen atoms in total. The molecule has 0 aliphatic heterocycles. The first-order valence-corrected chi connectivity index (χ1v) is 8.79. The lowest BCUT2D eigenvalue weighted by Crippen LogP contribution is -2.30. The van der Waals surface area contributed by atoms with E-state index in [0.29, 0.717) is 6.04 Å². The maximum Gasteiger partial charge on any atom is 0.0614 e. The van der Waals surface area contributed by atoms with Crippen molar-refractivity contribution in [3.8, 4) is 11.1 Å². The molecule has 0 bridgehead atoms. The van der Waals surface area contributed by atoms with Crippen molar-refractivity contribution in [3.05, 3.63) is 59.7 Å². The molecule has 0 N–H and O–H groups in total. The highest BCUT2D eigenvalue weighted by Crippen LogP contribution is 2.46. The molecule has 116 valence electrons. The average Bonchev–Trinajstić information content (AvgIpc) is 2.90. The SMILES string of the molecule is CCCCN(CCCC)C1c2ccccc2-c2ccccc21. The third-order valence-electron chi connectivity index (χ3n) is 4.76. The van der Waals surface area contributed by atoms with Crippen molar-refractivity contribution in [3.63, 3.8) is 0 Å². The standard InChI is InChI=1S/C21H27N/c1-3-5-15-22(16-6-4-2)21-19-13-9-7-11-17(19)18-12-8-10-14-20(18)21/h7-14,21H,3-6,15-16H2,1-2H3. The van der Waals surface area contributed by atoms with Gasteiger partial charge in [-0.15, -0.1) is 0 Å². The molecule has 0 amide bonds. The molecule has 2 aromatic carbocycles. The van der Waals surface area contributed by atoms with E-state index in [-0.39, 0.29) is 0 Å². The molecule has 0 saturated heterocycles. The zero-order chi connectivity index (χ0) is 15.4. The van der Waals surface area contributed by atoms with Gasteiger partial charge in [0.2, 0.25) is 0 Å². The second-order valence-corrected chi connectivity index (χ2v) is 6.32. The predicted octanol–water partition coefficient (Wildman–Crippen LogP) is 5.66. The summed E-state index contributed by atoms with van der Waals surface area (Å²) in [6.07, 6.45) is 5.09. The minimum absolute atomic E-state index is 0.450. The largest absolute Gasteiger partial charge is 0.292 e. The van der Waals surface area contributed by atoms with E-state index in [1.807, 2.05) is 0 Å². The maximum absolute atomic E-state index is 2.71. The highest BCUT2D eigenvalue weighted by molar-refractivity contribution is 5.78. The van der Waals surface area contributed by atoms with Crippen LogP contribution in [0.15, 0.2) is 48.5 Å². The Morgan fingerprint density at radius 2 is 1.18 bits per heavy atom. The quantitative estimate of drug-likeness (QED) is 0.637. The van der Waals surface area contributed by atoms with Gasteiger partial charge >= 0.3 is 0 Å². The van der Waals surface area contributed by atoms with Gasteiger partial charge in [-0.1, -0.05) is 75.2 Å². The third kappa shape index (κ3) is 2.83. The van der Waals surface area contributed by atoms with Crippen LogP contribution in [0.3, 0.4) is 0 Å². The number of benzene rings is 2. The minimum Gasteiger partial charge on any atom is -0.292 e. The van der Waals surface area contributed by atoms with Crippen molar-refractivity contribution < 1.29 is 0 Å². The minimum atomic E-state index is 0.450. The number of rotatable bonds is 7. The number of fused-ring (bicyclic) bond motifs is 3. The van der Waals surface area contributed by atoms with E-state index in [1.54, 1.807) is 0 Å². The Balaban J connectivity index is 1.99. The topological polar surface area (TPSA) is 3.24 Å². The first-order chi connectivity index (χ1) is 10.9. The number of hydrogen-bond donors (Lipinski definition) is 0. The fraction of sp³-hybridized carbons (Fsp3) is 0.429. The lowest BCUT2D eigenvalue weighted by molar-refractivity contribution is 0.221. The van der Waals surface area contributed by atoms with E-state index < -0.39 is 0 Å². The molecule has 22 heavy (non-hydrogen) atoms. The number of nitrogens with zero attached hydrogens (tertiary/aromatic N) is 1. The van der Waals surface area contributed by atoms with E-state index in [2.05, 4.69) is 67.3 Å². The molecule has 1 aliphatic carbocycles. The van der Waals surface area contributed by atoms with Gasteiger partial charge < -0.3 is 0 Å². The van der Waals surface area contributed by atoms with Crippen LogP contribution >= 0.6 is 0 Å². The summed E-state index contributed by atoms with van der Waals surface area (Å²) in [5.41, 5.74) is 5.86. The van der Waals surface area contributed by atoms with Gasteiger partial charge in [0.05, 0.1) is 6.04 Å². The van der Waals surface area contributed by atoms with E-state index >= 15 is 0 Å². The Kier molecular flexibility index (Phi) is 4.94. The van der Waals surface area contributed by atoms with Gasteiger partial charge in [-0.3, -0.25) is 4.90 Å². The van der Waals surface area contributed by atoms with Gasteiger partial charge in [0.1, 0.15) is 0 Å². The highest BCUT2D eigenvalue weighted by Gasteiger charge is 2.31. The summed E-state index contributed by atoms with van der Waals surface area (Å²) in [6, 6.07) is 18.4. The monoisotopic (exact) mass is 293 g/mol. The van der Waals surface area contributed by atoms with Gasteiger partial charge in [0.15, 0.2) is 0 Å². The van der Waals surface area contributed by atoms with E-state index in [0.717, 1.165) is 0 Å². The van der Waals surface area contributed by atoms with Crippen molar-refractivity contribution in [2.45, 2.75) is 45.6 Å². The molecule has 1 aliphatic rings. The summed E-state index contributed by atoms with van der Waals surface area (Å²) in [5, 5.41) is 0. The molecule has 0 saturated carbocycles. The Bertz CT molecular complexity index is 563. The molecule has 0 aromatic heterocycles. The van der Waals surface area contributed by atoms with Crippen LogP contribution in [-0.4, -0.2) is 18.0 Å². The van der Waals surface area contributed by atoms with Crippen LogP contribution in [0.25, 0.3) is 11.1 Å². The molecule has 0 unspecified atom stereocenters. The summed E-state index contributed by atoms with van der Waals surface area (Å²) in [5.74, 6) is 0. The molecule has 0 radical (unpaired) electrons. The van der Waals surface area contributed by atoms with E-state index in [4.69, 9.17) is 0 Å². The van der Waals surface area contributed by atoms with Gasteiger partial charge in [-0.25, -0.2) is 0 Å². The zero-order valence-corrected chi connectivity index (χ0v) is 13.9. The molecular weight excluding hydrogens is 266 g/mol. The van der Waals surface area contributed by atoms with Crippen LogP contribution in [0.2, 0.25) is 0 Å². The lowest BCUT2D eigenvalue weighted by atomic mass is 10.0. The molecule has 0 heterocycles. The van der Waals surface area contributed by atoms with Crippen molar-refractivity contribution in [2.75, 3.05) is 13.1 Å². The fourth-order valence-corrected chi connectivity index (χ4v) is 3.61. The normalized spacial score (nSPS) is 13.4. The first kappa shape index (κ1) is 15.3. The number of unbranched alkanes of at least 4 members (excludes halogenated alkanes) is 2. The summed E-state index contributed by atoms with van der Waals surface area (Å²) in [6.45, 7) is 6.97. The summed E-state index contributed by atoms with van der Waals surface area (Å²) in [4.78, 5) is 2.71. The molecule has 0 fully saturated rings. The molecule has 0 spiro atoms. The van der Waals surface area contributed by atoms with Crippen molar-refractivity contribution in [1.82, 2.24) is 4.90 Å². The fourth-order valence-electron chi connectivity index (χ4n) is 3.61. The zero-order valence-electron chi connectivity index (χ0n) is 13.9. The van der Waals surface area contributed by atoms with Crippen LogP contribution in [0.1, 0.15) is 56.7 Å². The first-order valence-electron chi connectivity index (χ1n) is 8.79. The van der Waals surface area contributed by atoms with Crippen molar-refractivity contribution in [2.24, 2.45) is 0 Å². The molecule has 2 aromatic rings. The second-order valence-electron chi connectivity index (χ2n) is 6.32. The Labute approximate surface area is 135 Å². The van der Waals surface area contributed by atoms with Crippen LogP contribution in [-0.2, 0) is 0 Å². The summed E-state index contributed by atoms with van der Waals surface area (Å²) < 4.78 is 0. The average molecular weight is 293 g/mol. The smallest absolute Gasteiger partial charge is 0.0614 e. The van der Waals surface area contributed by atoms with Gasteiger partial charge in [-0.05, 0) is 48.2 Å². The van der Waals surface area contributed by atoms with Crippen LogP contribution in [0.4, 0.5) is 0 Å². The Hall–Kier alpha value is -1.60. The van der Waals surface area contributed by atoms with Gasteiger partial charge in [0.25, 0.3) is 0 Å². The van der Waals surface area contributed by atoms with Crippen LogP contribution in [0.5, 0.6) is 0 Å². The second kappa shape index (κ2) is 7.11. The summed E-state index contributed by atoms with van der Waals surface area (Å²) in [7, 11) is 0. The van der Waals surface area contributed by atoms with Gasteiger partial charge in [0, 0.05) is 0 Å². The maximum atomic E-state index is 2.71. The third-order valence-corrected chi connectivity index (χ3v) is 4.76. The van der Waals surface area contributed by atoms with Crippen molar-refractivity contribution >= 4 is 0 Å². The van der Waals surface area contributed by atoms with Crippen molar-refractivity contribution in [1.29, 1.82) is 0 Å². The van der Waals surface area contributed by atoms with Crippen LogP contribution < -0.4 is 0 Å². The molecular formula is C21H27N. The van der Waals surface area contributed by atoms with E-state index in [9.17, 15) is 0 Å².